The molecular weight excluding hydrogens is 240 g/mol. The number of ether oxygens (including phenoxy) is 2. The Kier molecular flexibility index (Phi) is 3.62. The molecule has 3 aliphatic rings. The van der Waals surface area contributed by atoms with Gasteiger partial charge in [-0.1, -0.05) is 12.1 Å². The Morgan fingerprint density at radius 3 is 2.68 bits per heavy atom. The summed E-state index contributed by atoms with van der Waals surface area (Å²) in [6, 6.07) is 5.92. The molecule has 1 unspecified atom stereocenters. The first kappa shape index (κ1) is 12.8. The minimum absolute atomic E-state index is 0.282. The van der Waals surface area contributed by atoms with E-state index in [-0.39, 0.29) is 6.10 Å². The summed E-state index contributed by atoms with van der Waals surface area (Å²) in [7, 11) is 1.68. The van der Waals surface area contributed by atoms with Gasteiger partial charge in [-0.25, -0.2) is 0 Å². The second-order valence-electron chi connectivity index (χ2n) is 5.45. The summed E-state index contributed by atoms with van der Waals surface area (Å²) in [6.45, 7) is 3.96. The number of nitrogens with zero attached hydrogens (tertiary/aromatic N) is 1. The van der Waals surface area contributed by atoms with Crippen molar-refractivity contribution in [3.8, 4) is 11.5 Å². The Balaban J connectivity index is 1.82. The molecule has 0 aliphatic carbocycles. The second kappa shape index (κ2) is 5.39. The molecule has 1 aromatic rings. The maximum absolute atomic E-state index is 6.29. The summed E-state index contributed by atoms with van der Waals surface area (Å²) in [5, 5.41) is 0. The number of para-hydroxylation sites is 1. The average molecular weight is 262 g/mol. The molecule has 2 bridgehead atoms. The normalized spacial score (nSPS) is 29.3. The Hall–Kier alpha value is -1.26. The van der Waals surface area contributed by atoms with Gasteiger partial charge >= 0.3 is 0 Å². The van der Waals surface area contributed by atoms with Crippen LogP contribution in [0.4, 0.5) is 0 Å². The number of rotatable bonds is 4. The van der Waals surface area contributed by atoms with Crippen molar-refractivity contribution in [3.05, 3.63) is 23.8 Å². The molecule has 0 aromatic heterocycles. The van der Waals surface area contributed by atoms with E-state index in [9.17, 15) is 0 Å². The van der Waals surface area contributed by atoms with Crippen LogP contribution in [0.2, 0.25) is 0 Å². The van der Waals surface area contributed by atoms with Crippen LogP contribution >= 0.6 is 0 Å². The SMILES string of the molecule is COc1cccc(CN)c1OC1CN2CCC1CC2. The molecule has 3 heterocycles. The fraction of sp³-hybridized carbons (Fsp3) is 0.600. The van der Waals surface area contributed by atoms with Gasteiger partial charge < -0.3 is 15.2 Å². The summed E-state index contributed by atoms with van der Waals surface area (Å²) < 4.78 is 11.7. The van der Waals surface area contributed by atoms with Crippen LogP contribution in [0, 0.1) is 5.92 Å². The van der Waals surface area contributed by atoms with Crippen LogP contribution in [0.15, 0.2) is 18.2 Å². The molecule has 0 radical (unpaired) electrons. The van der Waals surface area contributed by atoms with E-state index in [0.29, 0.717) is 12.5 Å². The lowest BCUT2D eigenvalue weighted by atomic mass is 9.86. The van der Waals surface area contributed by atoms with E-state index in [4.69, 9.17) is 15.2 Å². The van der Waals surface area contributed by atoms with Gasteiger partial charge in [-0.3, -0.25) is 4.90 Å². The minimum atomic E-state index is 0.282. The van der Waals surface area contributed by atoms with Gasteiger partial charge in [0, 0.05) is 18.7 Å². The van der Waals surface area contributed by atoms with E-state index in [0.717, 1.165) is 23.6 Å². The van der Waals surface area contributed by atoms with E-state index in [2.05, 4.69) is 4.90 Å². The van der Waals surface area contributed by atoms with Crippen molar-refractivity contribution in [1.82, 2.24) is 4.90 Å². The third-order valence-corrected chi connectivity index (χ3v) is 4.37. The molecule has 3 aliphatic heterocycles. The smallest absolute Gasteiger partial charge is 0.166 e. The number of hydrogen-bond donors (Lipinski definition) is 1. The van der Waals surface area contributed by atoms with Gasteiger partial charge in [0.25, 0.3) is 0 Å². The molecule has 3 fully saturated rings. The standard InChI is InChI=1S/C15H22N2O2/c1-18-13-4-2-3-12(9-16)15(13)19-14-10-17-7-5-11(14)6-8-17/h2-4,11,14H,5-10,16H2,1H3. The van der Waals surface area contributed by atoms with Crippen molar-refractivity contribution < 1.29 is 9.47 Å². The molecule has 0 spiro atoms. The second-order valence-corrected chi connectivity index (χ2v) is 5.45. The highest BCUT2D eigenvalue weighted by atomic mass is 16.5. The Morgan fingerprint density at radius 1 is 1.32 bits per heavy atom. The molecule has 4 nitrogen and oxygen atoms in total. The van der Waals surface area contributed by atoms with E-state index >= 15 is 0 Å². The minimum Gasteiger partial charge on any atom is -0.493 e. The number of piperidine rings is 3. The lowest BCUT2D eigenvalue weighted by Crippen LogP contribution is -2.52. The van der Waals surface area contributed by atoms with Crippen molar-refractivity contribution in [2.45, 2.75) is 25.5 Å². The number of nitrogens with two attached hydrogens (primary N) is 1. The molecular formula is C15H22N2O2. The van der Waals surface area contributed by atoms with E-state index < -0.39 is 0 Å². The molecule has 2 N–H and O–H groups in total. The number of methoxy groups -OCH3 is 1. The zero-order valence-electron chi connectivity index (χ0n) is 11.5. The monoisotopic (exact) mass is 262 g/mol. The molecule has 3 saturated heterocycles. The van der Waals surface area contributed by atoms with Crippen LogP contribution in [0.25, 0.3) is 0 Å². The van der Waals surface area contributed by atoms with Gasteiger partial charge in [0.05, 0.1) is 7.11 Å². The number of hydrogen-bond acceptors (Lipinski definition) is 4. The highest BCUT2D eigenvalue weighted by Crippen LogP contribution is 2.36. The fourth-order valence-electron chi connectivity index (χ4n) is 3.21. The largest absolute Gasteiger partial charge is 0.493 e. The van der Waals surface area contributed by atoms with Crippen molar-refractivity contribution in [2.24, 2.45) is 11.7 Å². The molecule has 4 rings (SSSR count). The third-order valence-electron chi connectivity index (χ3n) is 4.37. The first-order valence-corrected chi connectivity index (χ1v) is 7.06. The van der Waals surface area contributed by atoms with Gasteiger partial charge in [0.2, 0.25) is 0 Å². The van der Waals surface area contributed by atoms with Gasteiger partial charge in [-0.05, 0) is 37.9 Å². The topological polar surface area (TPSA) is 47.7 Å². The quantitative estimate of drug-likeness (QED) is 0.896. The summed E-state index contributed by atoms with van der Waals surface area (Å²) in [5.74, 6) is 2.31. The van der Waals surface area contributed by atoms with Gasteiger partial charge in [-0.15, -0.1) is 0 Å². The first-order chi connectivity index (χ1) is 9.31. The summed E-state index contributed by atoms with van der Waals surface area (Å²) in [5.41, 5.74) is 6.83. The predicted molar refractivity (Wildman–Crippen MR) is 74.5 cm³/mol. The number of fused-ring (bicyclic) bond motifs is 3. The summed E-state index contributed by atoms with van der Waals surface area (Å²) in [6.07, 6.45) is 2.78. The molecule has 104 valence electrons. The molecule has 1 aromatic carbocycles. The lowest BCUT2D eigenvalue weighted by molar-refractivity contribution is -0.00927. The lowest BCUT2D eigenvalue weighted by Gasteiger charge is -2.44. The van der Waals surface area contributed by atoms with Gasteiger partial charge in [0.1, 0.15) is 6.10 Å². The van der Waals surface area contributed by atoms with Gasteiger partial charge in [-0.2, -0.15) is 0 Å². The molecule has 0 amide bonds. The van der Waals surface area contributed by atoms with Crippen molar-refractivity contribution in [1.29, 1.82) is 0 Å². The Labute approximate surface area is 114 Å². The number of benzene rings is 1. The average Bonchev–Trinajstić information content (AvgIpc) is 2.48. The summed E-state index contributed by atoms with van der Waals surface area (Å²) in [4.78, 5) is 2.49. The maximum Gasteiger partial charge on any atom is 0.166 e. The third kappa shape index (κ3) is 2.42. The van der Waals surface area contributed by atoms with E-state index in [1.807, 2.05) is 18.2 Å². The Morgan fingerprint density at radius 2 is 2.11 bits per heavy atom. The van der Waals surface area contributed by atoms with Crippen LogP contribution in [-0.4, -0.2) is 37.7 Å². The van der Waals surface area contributed by atoms with Crippen molar-refractivity contribution in [3.63, 3.8) is 0 Å². The molecule has 4 heteroatoms. The molecule has 19 heavy (non-hydrogen) atoms. The molecule has 1 atom stereocenters. The molecule has 0 saturated carbocycles. The van der Waals surface area contributed by atoms with Crippen LogP contribution in [0.5, 0.6) is 11.5 Å². The van der Waals surface area contributed by atoms with Crippen molar-refractivity contribution >= 4 is 0 Å². The first-order valence-electron chi connectivity index (χ1n) is 7.06. The maximum atomic E-state index is 6.29. The van der Waals surface area contributed by atoms with Gasteiger partial charge in [0.15, 0.2) is 11.5 Å². The Bertz CT molecular complexity index is 420. The fourth-order valence-corrected chi connectivity index (χ4v) is 3.21. The highest BCUT2D eigenvalue weighted by molar-refractivity contribution is 5.46. The van der Waals surface area contributed by atoms with Crippen LogP contribution in [0.1, 0.15) is 18.4 Å². The zero-order valence-corrected chi connectivity index (χ0v) is 11.5. The van der Waals surface area contributed by atoms with Crippen molar-refractivity contribution in [2.75, 3.05) is 26.7 Å². The van der Waals surface area contributed by atoms with E-state index in [1.165, 1.54) is 25.9 Å². The summed E-state index contributed by atoms with van der Waals surface area (Å²) >= 11 is 0. The zero-order chi connectivity index (χ0) is 13.2. The highest BCUT2D eigenvalue weighted by Gasteiger charge is 2.36. The predicted octanol–water partition coefficient (Wildman–Crippen LogP) is 1.63. The van der Waals surface area contributed by atoms with E-state index in [1.54, 1.807) is 7.11 Å². The van der Waals surface area contributed by atoms with Crippen LogP contribution in [-0.2, 0) is 6.54 Å². The van der Waals surface area contributed by atoms with Crippen LogP contribution in [0.3, 0.4) is 0 Å². The van der Waals surface area contributed by atoms with Crippen LogP contribution < -0.4 is 15.2 Å².